The van der Waals surface area contributed by atoms with E-state index in [2.05, 4.69) is 58.0 Å². The molecule has 3 aliphatic heterocycles. The van der Waals surface area contributed by atoms with Gasteiger partial charge < -0.3 is 19.9 Å². The smallest absolute Gasteiger partial charge is 0.121 e. The molecule has 4 nitrogen and oxygen atoms in total. The van der Waals surface area contributed by atoms with E-state index < -0.39 is 0 Å². The molecule has 1 aromatic heterocycles. The van der Waals surface area contributed by atoms with E-state index in [1.165, 1.54) is 59.9 Å². The summed E-state index contributed by atoms with van der Waals surface area (Å²) in [6.45, 7) is 4.53. The number of halogens is 2. The average molecular weight is 434 g/mol. The molecule has 0 radical (unpaired) electrons. The van der Waals surface area contributed by atoms with Gasteiger partial charge in [-0.1, -0.05) is 18.2 Å². The highest BCUT2D eigenvalue weighted by molar-refractivity contribution is 6.08. The average Bonchev–Trinajstić information content (AvgIpc) is 3.03. The number of aromatic nitrogens is 1. The van der Waals surface area contributed by atoms with Gasteiger partial charge in [0.25, 0.3) is 0 Å². The number of para-hydroxylation sites is 1. The molecule has 3 aliphatic rings. The molecular weight excluding hydrogens is 405 g/mol. The van der Waals surface area contributed by atoms with Crippen molar-refractivity contribution in [2.45, 2.75) is 25.8 Å². The molecule has 0 spiro atoms. The maximum atomic E-state index is 6.11. The molecule has 2 aromatic carbocycles. The number of benzene rings is 2. The van der Waals surface area contributed by atoms with Crippen molar-refractivity contribution in [3.05, 3.63) is 54.2 Å². The molecule has 0 aliphatic carbocycles. The van der Waals surface area contributed by atoms with Gasteiger partial charge in [0.2, 0.25) is 0 Å². The van der Waals surface area contributed by atoms with E-state index in [1.807, 2.05) is 0 Å². The normalized spacial score (nSPS) is 17.6. The van der Waals surface area contributed by atoms with Crippen molar-refractivity contribution in [3.63, 3.8) is 0 Å². The number of hydrogen-bond acceptors (Lipinski definition) is 3. The number of ether oxygens (including phenoxy) is 1. The van der Waals surface area contributed by atoms with Crippen LogP contribution in [0.1, 0.15) is 19.3 Å². The van der Waals surface area contributed by atoms with Crippen LogP contribution < -0.4 is 10.5 Å². The van der Waals surface area contributed by atoms with Crippen LogP contribution in [0, 0.1) is 5.92 Å². The fourth-order valence-electron chi connectivity index (χ4n) is 4.78. The summed E-state index contributed by atoms with van der Waals surface area (Å²) in [4.78, 5) is 2.53. The van der Waals surface area contributed by atoms with Crippen molar-refractivity contribution < 1.29 is 4.74 Å². The van der Waals surface area contributed by atoms with Gasteiger partial charge in [0.15, 0.2) is 0 Å². The third kappa shape index (κ3) is 4.07. The van der Waals surface area contributed by atoms with Crippen molar-refractivity contribution in [2.75, 3.05) is 26.2 Å². The summed E-state index contributed by atoms with van der Waals surface area (Å²) >= 11 is 0. The van der Waals surface area contributed by atoms with E-state index in [1.54, 1.807) is 0 Å². The molecular formula is C23H29Cl2N3O. The summed E-state index contributed by atoms with van der Waals surface area (Å²) in [6, 6.07) is 15.0. The lowest BCUT2D eigenvalue weighted by molar-refractivity contribution is 0.158. The van der Waals surface area contributed by atoms with Crippen LogP contribution in [0.4, 0.5) is 0 Å². The monoisotopic (exact) mass is 433 g/mol. The summed E-state index contributed by atoms with van der Waals surface area (Å²) in [5.41, 5.74) is 9.79. The Balaban J connectivity index is 0.00000120. The zero-order valence-corrected chi connectivity index (χ0v) is 18.2. The van der Waals surface area contributed by atoms with E-state index in [9.17, 15) is 0 Å². The largest absolute Gasteiger partial charge is 0.489 e. The van der Waals surface area contributed by atoms with Crippen LogP contribution in [0.15, 0.2) is 54.2 Å². The first kappa shape index (κ1) is 21.8. The minimum atomic E-state index is 0. The van der Waals surface area contributed by atoms with Gasteiger partial charge in [0.05, 0.1) is 5.52 Å². The minimum Gasteiger partial charge on any atom is -0.489 e. The maximum absolute atomic E-state index is 6.11. The highest BCUT2D eigenvalue weighted by Gasteiger charge is 2.28. The topological polar surface area (TPSA) is 43.4 Å². The molecule has 0 saturated carbocycles. The maximum Gasteiger partial charge on any atom is 0.121 e. The molecule has 0 amide bonds. The molecule has 0 unspecified atom stereocenters. The highest BCUT2D eigenvalue weighted by atomic mass is 35.5. The summed E-state index contributed by atoms with van der Waals surface area (Å²) < 4.78 is 8.41. The van der Waals surface area contributed by atoms with E-state index >= 15 is 0 Å². The molecule has 2 N–H and O–H groups in total. The van der Waals surface area contributed by atoms with E-state index in [0.717, 1.165) is 18.2 Å². The predicted octanol–water partition coefficient (Wildman–Crippen LogP) is 4.98. The fraction of sp³-hybridized carbons (Fsp3) is 0.391. The minimum absolute atomic E-state index is 0. The van der Waals surface area contributed by atoms with Gasteiger partial charge in [-0.15, -0.1) is 24.8 Å². The first-order chi connectivity index (χ1) is 13.3. The summed E-state index contributed by atoms with van der Waals surface area (Å²) in [6.07, 6.45) is 6.24. The number of rotatable bonds is 5. The standard InChI is InChI=1S/C23H27N3O.2ClH/c24-10-13-26-22-4-2-1-3-20(22)21-6-5-19(16-23(21)26)27-14-9-18-15-17-7-11-25(18)12-8-17;;/h1-6,9,16-17H,7-8,10-15,24H2;2*1H. The number of hydrogen-bond donors (Lipinski definition) is 1. The van der Waals surface area contributed by atoms with Crippen LogP contribution >= 0.6 is 24.8 Å². The Labute approximate surface area is 184 Å². The second kappa shape index (κ2) is 9.29. The van der Waals surface area contributed by atoms with Gasteiger partial charge in [-0.05, 0) is 49.5 Å². The van der Waals surface area contributed by atoms with Gasteiger partial charge in [-0.2, -0.15) is 0 Å². The van der Waals surface area contributed by atoms with Crippen LogP contribution in [0.3, 0.4) is 0 Å². The number of allylic oxidation sites excluding steroid dienone is 1. The Morgan fingerprint density at radius 3 is 2.48 bits per heavy atom. The quantitative estimate of drug-likeness (QED) is 0.616. The Bertz CT molecular complexity index is 1010. The van der Waals surface area contributed by atoms with E-state index in [-0.39, 0.29) is 24.8 Å². The molecule has 156 valence electrons. The van der Waals surface area contributed by atoms with Crippen molar-refractivity contribution in [1.29, 1.82) is 0 Å². The SMILES string of the molecule is Cl.Cl.NCCn1c2ccccc2c2ccc(OCC=C3CC4CCN3CC4)cc21. The van der Waals surface area contributed by atoms with Gasteiger partial charge >= 0.3 is 0 Å². The number of fused-ring (bicyclic) bond motifs is 6. The van der Waals surface area contributed by atoms with Gasteiger partial charge in [0.1, 0.15) is 12.4 Å². The molecule has 3 saturated heterocycles. The van der Waals surface area contributed by atoms with Gasteiger partial charge in [-0.25, -0.2) is 0 Å². The lowest BCUT2D eigenvalue weighted by Crippen LogP contribution is -2.39. The third-order valence-electron chi connectivity index (χ3n) is 6.19. The Morgan fingerprint density at radius 1 is 1.00 bits per heavy atom. The molecule has 3 aromatic rings. The number of nitrogens with zero attached hydrogens (tertiary/aromatic N) is 2. The molecule has 2 bridgehead atoms. The van der Waals surface area contributed by atoms with E-state index in [4.69, 9.17) is 10.5 Å². The third-order valence-corrected chi connectivity index (χ3v) is 6.19. The predicted molar refractivity (Wildman–Crippen MR) is 125 cm³/mol. The Kier molecular flexibility index (Phi) is 6.99. The molecule has 4 heterocycles. The van der Waals surface area contributed by atoms with Crippen LogP contribution in [-0.2, 0) is 6.54 Å². The Morgan fingerprint density at radius 2 is 1.76 bits per heavy atom. The van der Waals surface area contributed by atoms with Gasteiger partial charge in [0, 0.05) is 54.2 Å². The summed E-state index contributed by atoms with van der Waals surface area (Å²) in [5.74, 6) is 1.82. The number of piperidine rings is 3. The lowest BCUT2D eigenvalue weighted by atomic mass is 9.86. The fourth-order valence-corrected chi connectivity index (χ4v) is 4.78. The molecule has 0 atom stereocenters. The van der Waals surface area contributed by atoms with Gasteiger partial charge in [-0.3, -0.25) is 0 Å². The zero-order chi connectivity index (χ0) is 18.2. The van der Waals surface area contributed by atoms with E-state index in [0.29, 0.717) is 13.2 Å². The van der Waals surface area contributed by atoms with Crippen LogP contribution in [0.5, 0.6) is 5.75 Å². The summed E-state index contributed by atoms with van der Waals surface area (Å²) in [7, 11) is 0. The van der Waals surface area contributed by atoms with Crippen molar-refractivity contribution in [3.8, 4) is 5.75 Å². The first-order valence-corrected chi connectivity index (χ1v) is 10.1. The van der Waals surface area contributed by atoms with Crippen molar-refractivity contribution >= 4 is 46.6 Å². The number of nitrogens with two attached hydrogens (primary N) is 1. The second-order valence-electron chi connectivity index (χ2n) is 7.78. The van der Waals surface area contributed by atoms with Crippen LogP contribution in [0.2, 0.25) is 0 Å². The second-order valence-corrected chi connectivity index (χ2v) is 7.78. The van der Waals surface area contributed by atoms with Crippen LogP contribution in [0.25, 0.3) is 21.8 Å². The molecule has 6 heteroatoms. The molecule has 6 rings (SSSR count). The van der Waals surface area contributed by atoms with Crippen LogP contribution in [-0.4, -0.2) is 35.7 Å². The van der Waals surface area contributed by atoms with Crippen molar-refractivity contribution in [1.82, 2.24) is 9.47 Å². The van der Waals surface area contributed by atoms with Crippen molar-refractivity contribution in [2.24, 2.45) is 11.7 Å². The Hall–Kier alpha value is -1.88. The molecule has 29 heavy (non-hydrogen) atoms. The summed E-state index contributed by atoms with van der Waals surface area (Å²) in [5, 5.41) is 2.54. The highest BCUT2D eigenvalue weighted by Crippen LogP contribution is 2.34. The first-order valence-electron chi connectivity index (χ1n) is 10.1. The zero-order valence-electron chi connectivity index (χ0n) is 16.5. The lowest BCUT2D eigenvalue weighted by Gasteiger charge is -2.42. The molecule has 3 fully saturated rings.